The lowest BCUT2D eigenvalue weighted by atomic mass is 10.0. The van der Waals surface area contributed by atoms with E-state index in [0.717, 1.165) is 31.2 Å². The predicted octanol–water partition coefficient (Wildman–Crippen LogP) is 0.513. The highest BCUT2D eigenvalue weighted by atomic mass is 32.2. The number of carboxylic acids is 1. The number of alkyl halides is 3. The molecule has 4 rings (SSSR count). The fourth-order valence-corrected chi connectivity index (χ4v) is 6.86. The van der Waals surface area contributed by atoms with E-state index in [1.807, 2.05) is 4.72 Å². The average molecular weight is 815 g/mol. The number of hydrogen-bond acceptors (Lipinski definition) is 13. The maximum atomic E-state index is 13.9. The van der Waals surface area contributed by atoms with E-state index in [-0.39, 0.29) is 40.9 Å². The Hall–Kier alpha value is -4.54. The van der Waals surface area contributed by atoms with E-state index in [9.17, 15) is 41.1 Å². The number of amides is 2. The number of nitrogens with one attached hydrogen (secondary N) is 5. The summed E-state index contributed by atoms with van der Waals surface area (Å²) in [6.45, 7) is 4.24. The molecule has 2 aromatic carbocycles. The predicted molar refractivity (Wildman–Crippen MR) is 199 cm³/mol. The van der Waals surface area contributed by atoms with Crippen LogP contribution in [0.1, 0.15) is 45.5 Å². The maximum absolute atomic E-state index is 13.9. The summed E-state index contributed by atoms with van der Waals surface area (Å²) in [6.07, 6.45) is -2.63. The van der Waals surface area contributed by atoms with Crippen LogP contribution < -0.4 is 36.6 Å². The van der Waals surface area contributed by atoms with Gasteiger partial charge in [0, 0.05) is 68.7 Å². The second-order valence-corrected chi connectivity index (χ2v) is 14.5. The van der Waals surface area contributed by atoms with E-state index < -0.39 is 52.1 Å². The number of sulfonamides is 1. The lowest BCUT2D eigenvalue weighted by Gasteiger charge is -2.35. The highest BCUT2D eigenvalue weighted by Crippen LogP contribution is 2.34. The highest BCUT2D eigenvalue weighted by Gasteiger charge is 2.33. The summed E-state index contributed by atoms with van der Waals surface area (Å²) in [6, 6.07) is 5.74. The number of nitrogens with zero attached hydrogens (tertiary/aromatic N) is 2. The number of ether oxygens (including phenoxy) is 3. The van der Waals surface area contributed by atoms with Crippen molar-refractivity contribution >= 4 is 39.5 Å². The number of carbonyl (C=O) groups excluding carboxylic acids is 2. The molecule has 0 saturated carbocycles. The van der Waals surface area contributed by atoms with Gasteiger partial charge in [-0.15, -0.1) is 0 Å². The van der Waals surface area contributed by atoms with Crippen LogP contribution in [0, 0.1) is 0 Å². The van der Waals surface area contributed by atoms with Crippen LogP contribution in [-0.4, -0.2) is 135 Å². The van der Waals surface area contributed by atoms with Crippen molar-refractivity contribution in [2.75, 3.05) is 90.4 Å². The molecule has 310 valence electrons. The normalized spacial score (nSPS) is 15.7. The minimum Gasteiger partial charge on any atom is -0.480 e. The van der Waals surface area contributed by atoms with Gasteiger partial charge in [0.15, 0.2) is 5.96 Å². The molecule has 0 radical (unpaired) electrons. The summed E-state index contributed by atoms with van der Waals surface area (Å²) in [7, 11) is -4.49. The van der Waals surface area contributed by atoms with Gasteiger partial charge in [-0.2, -0.15) is 17.9 Å². The summed E-state index contributed by atoms with van der Waals surface area (Å²) in [5.74, 6) is -2.48. The number of rotatable bonds is 21. The molecule has 2 aliphatic heterocycles. The zero-order valence-electron chi connectivity index (χ0n) is 30.7. The number of aliphatic imine (C=N–C) groups is 1. The molecule has 0 unspecified atom stereocenters. The Morgan fingerprint density at radius 2 is 1.57 bits per heavy atom. The van der Waals surface area contributed by atoms with Crippen LogP contribution in [0.5, 0.6) is 0 Å². The third-order valence-corrected chi connectivity index (χ3v) is 10.1. The molecule has 1 atom stereocenters. The first kappa shape index (κ1) is 44.2. The fraction of sp³-hybridized carbons (Fsp3) is 0.543. The van der Waals surface area contributed by atoms with Crippen molar-refractivity contribution in [2.45, 2.75) is 42.4 Å². The van der Waals surface area contributed by atoms with Crippen molar-refractivity contribution in [3.05, 3.63) is 59.2 Å². The highest BCUT2D eigenvalue weighted by molar-refractivity contribution is 7.89. The number of benzene rings is 2. The van der Waals surface area contributed by atoms with E-state index >= 15 is 0 Å². The van der Waals surface area contributed by atoms with Gasteiger partial charge in [-0.3, -0.25) is 19.4 Å². The summed E-state index contributed by atoms with van der Waals surface area (Å²) >= 11 is 0. The summed E-state index contributed by atoms with van der Waals surface area (Å²) in [4.78, 5) is 43.4. The average Bonchev–Trinajstić information content (AvgIpc) is 3.18. The van der Waals surface area contributed by atoms with Gasteiger partial charge >= 0.3 is 12.1 Å². The monoisotopic (exact) mass is 814 g/mol. The number of aliphatic carboxylic acids is 1. The molecule has 0 spiro atoms. The topological polar surface area (TPSA) is 235 Å². The standard InChI is InChI=1S/C35H49F3N8O9S/c36-35(37,38)26-20-25(21-28(22-26)46-12-6-27(7-13-46)44-34-41-9-1-10-42-34)32(48)43-23-30(33(49)50)45-56(51,52)29-4-2-24(3-5-29)31(47)40-11-15-54-17-19-55-18-16-53-14-8-39/h2-5,20-22,27,30,45H,1,6-19,23,39H2,(H,40,47)(H,43,48)(H,49,50)(H2,41,42,44)/t30-/m0/s1. The summed E-state index contributed by atoms with van der Waals surface area (Å²) in [5, 5.41) is 21.1. The summed E-state index contributed by atoms with van der Waals surface area (Å²) < 4.78 is 85.8. The van der Waals surface area contributed by atoms with E-state index in [1.54, 1.807) is 4.90 Å². The first-order chi connectivity index (χ1) is 26.8. The Bertz CT molecular complexity index is 1740. The van der Waals surface area contributed by atoms with Gasteiger partial charge in [-0.1, -0.05) is 0 Å². The number of piperidine rings is 1. The van der Waals surface area contributed by atoms with Crippen LogP contribution in [0.4, 0.5) is 18.9 Å². The molecule has 56 heavy (non-hydrogen) atoms. The second kappa shape index (κ2) is 21.7. The smallest absolute Gasteiger partial charge is 0.416 e. The van der Waals surface area contributed by atoms with Crippen molar-refractivity contribution in [1.29, 1.82) is 0 Å². The largest absolute Gasteiger partial charge is 0.480 e. The number of carboxylic acid groups (broad SMARTS) is 1. The molecule has 1 saturated heterocycles. The number of guanidine groups is 1. The van der Waals surface area contributed by atoms with Crippen LogP contribution in [-0.2, 0) is 35.2 Å². The minimum absolute atomic E-state index is 0.0597. The molecule has 0 aromatic heterocycles. The number of halogens is 3. The Kier molecular flexibility index (Phi) is 17.1. The first-order valence-corrected chi connectivity index (χ1v) is 19.6. The molecule has 2 heterocycles. The molecule has 0 bridgehead atoms. The van der Waals surface area contributed by atoms with E-state index in [1.165, 1.54) is 18.2 Å². The second-order valence-electron chi connectivity index (χ2n) is 12.8. The SMILES string of the molecule is NCCOCCOCCOCCNC(=O)c1ccc(S(=O)(=O)N[C@@H](CNC(=O)c2cc(N3CCC(NC4=NCCCN4)CC3)cc(C(F)(F)F)c2)C(=O)O)cc1. The van der Waals surface area contributed by atoms with E-state index in [4.69, 9.17) is 19.9 Å². The van der Waals surface area contributed by atoms with Crippen molar-refractivity contribution in [2.24, 2.45) is 10.7 Å². The molecule has 2 aromatic rings. The van der Waals surface area contributed by atoms with Crippen LogP contribution in [0.3, 0.4) is 0 Å². The van der Waals surface area contributed by atoms with Crippen LogP contribution in [0.15, 0.2) is 52.4 Å². The zero-order chi connectivity index (χ0) is 40.6. The molecule has 2 amide bonds. The van der Waals surface area contributed by atoms with Crippen molar-refractivity contribution in [3.63, 3.8) is 0 Å². The molecular weight excluding hydrogens is 765 g/mol. The molecule has 8 N–H and O–H groups in total. The number of anilines is 1. The lowest BCUT2D eigenvalue weighted by Crippen LogP contribution is -2.50. The van der Waals surface area contributed by atoms with Gasteiger partial charge in [0.25, 0.3) is 11.8 Å². The quantitative estimate of drug-likeness (QED) is 0.0853. The van der Waals surface area contributed by atoms with Gasteiger partial charge in [-0.25, -0.2) is 8.42 Å². The first-order valence-electron chi connectivity index (χ1n) is 18.1. The van der Waals surface area contributed by atoms with E-state index in [0.29, 0.717) is 84.1 Å². The number of hydrogen-bond donors (Lipinski definition) is 7. The van der Waals surface area contributed by atoms with Crippen LogP contribution in [0.25, 0.3) is 0 Å². The molecule has 1 fully saturated rings. The van der Waals surface area contributed by atoms with Gasteiger partial charge in [-0.05, 0) is 61.7 Å². The fourth-order valence-electron chi connectivity index (χ4n) is 5.67. The third-order valence-electron chi connectivity index (χ3n) is 8.63. The molecular formula is C35H49F3N8O9S. The molecule has 21 heteroatoms. The molecule has 17 nitrogen and oxygen atoms in total. The number of nitrogens with two attached hydrogens (primary N) is 1. The summed E-state index contributed by atoms with van der Waals surface area (Å²) in [5.41, 5.74) is 4.17. The van der Waals surface area contributed by atoms with Crippen molar-refractivity contribution < 1.29 is 55.3 Å². The Morgan fingerprint density at radius 3 is 2.18 bits per heavy atom. The lowest BCUT2D eigenvalue weighted by molar-refractivity contribution is -0.139. The number of carbonyl (C=O) groups is 3. The van der Waals surface area contributed by atoms with E-state index in [2.05, 4.69) is 26.3 Å². The van der Waals surface area contributed by atoms with Crippen LogP contribution >= 0.6 is 0 Å². The van der Waals surface area contributed by atoms with Gasteiger partial charge in [0.1, 0.15) is 6.04 Å². The van der Waals surface area contributed by atoms with Gasteiger partial charge in [0.2, 0.25) is 10.0 Å². The Labute approximate surface area is 322 Å². The van der Waals surface area contributed by atoms with Crippen molar-refractivity contribution in [3.8, 4) is 0 Å². The Morgan fingerprint density at radius 1 is 0.929 bits per heavy atom. The minimum atomic E-state index is -4.78. The molecule has 0 aliphatic carbocycles. The Balaban J connectivity index is 1.28. The van der Waals surface area contributed by atoms with Gasteiger partial charge in [0.05, 0.1) is 50.1 Å². The van der Waals surface area contributed by atoms with Crippen molar-refractivity contribution in [1.82, 2.24) is 26.0 Å². The third kappa shape index (κ3) is 14.2. The van der Waals surface area contributed by atoms with Crippen LogP contribution in [0.2, 0.25) is 0 Å². The molecule has 2 aliphatic rings. The van der Waals surface area contributed by atoms with Gasteiger partial charge < -0.3 is 51.2 Å². The zero-order valence-corrected chi connectivity index (χ0v) is 31.6. The maximum Gasteiger partial charge on any atom is 0.416 e.